The maximum absolute atomic E-state index is 14.3. The van der Waals surface area contributed by atoms with E-state index in [9.17, 15) is 9.59 Å². The van der Waals surface area contributed by atoms with Gasteiger partial charge in [0.1, 0.15) is 6.33 Å². The van der Waals surface area contributed by atoms with Crippen molar-refractivity contribution in [3.05, 3.63) is 92.6 Å². The molecule has 0 saturated heterocycles. The molecule has 6 rings (SSSR count). The fraction of sp³-hybridized carbons (Fsp3) is 0.406. The Labute approximate surface area is 253 Å². The van der Waals surface area contributed by atoms with E-state index in [1.54, 1.807) is 18.1 Å². The van der Waals surface area contributed by atoms with Crippen molar-refractivity contribution < 1.29 is 9.26 Å². The molecule has 11 heteroatoms. The maximum atomic E-state index is 14.3. The second-order valence-electron chi connectivity index (χ2n) is 11.0. The lowest BCUT2D eigenvalue weighted by molar-refractivity contribution is 0.0286. The van der Waals surface area contributed by atoms with Gasteiger partial charge in [0.05, 0.1) is 18.4 Å². The monoisotopic (exact) mass is 600 g/mol. The van der Waals surface area contributed by atoms with Crippen LogP contribution in [0.1, 0.15) is 61.9 Å². The maximum Gasteiger partial charge on any atom is 0.439 e. The molecular formula is C32H36N6O4S. The highest BCUT2D eigenvalue weighted by atomic mass is 32.2. The van der Waals surface area contributed by atoms with Crippen molar-refractivity contribution in [3.8, 4) is 22.5 Å². The highest BCUT2D eigenvalue weighted by Crippen LogP contribution is 2.32. The van der Waals surface area contributed by atoms with Crippen molar-refractivity contribution in [2.24, 2.45) is 0 Å². The molecule has 1 N–H and O–H groups in total. The summed E-state index contributed by atoms with van der Waals surface area (Å²) in [6, 6.07) is 16.0. The molecule has 1 saturated carbocycles. The molecule has 0 amide bonds. The lowest BCUT2D eigenvalue weighted by Crippen LogP contribution is -2.35. The molecule has 224 valence electrons. The molecule has 0 bridgehead atoms. The van der Waals surface area contributed by atoms with Gasteiger partial charge in [0.2, 0.25) is 5.78 Å². The molecule has 0 atom stereocenters. The number of ether oxygens (including phenoxy) is 1. The zero-order valence-electron chi connectivity index (χ0n) is 24.5. The zero-order chi connectivity index (χ0) is 29.8. The van der Waals surface area contributed by atoms with Crippen LogP contribution >= 0.6 is 11.8 Å². The van der Waals surface area contributed by atoms with Crippen molar-refractivity contribution in [2.45, 2.75) is 64.0 Å². The van der Waals surface area contributed by atoms with E-state index in [1.165, 1.54) is 0 Å². The van der Waals surface area contributed by atoms with Gasteiger partial charge in [0, 0.05) is 29.3 Å². The first kappa shape index (κ1) is 29.1. The van der Waals surface area contributed by atoms with Crippen LogP contribution in [0.5, 0.6) is 0 Å². The van der Waals surface area contributed by atoms with E-state index in [0.29, 0.717) is 18.0 Å². The van der Waals surface area contributed by atoms with Gasteiger partial charge in [-0.2, -0.15) is 21.8 Å². The van der Waals surface area contributed by atoms with E-state index in [4.69, 9.17) is 9.26 Å². The third-order valence-electron chi connectivity index (χ3n) is 8.23. The van der Waals surface area contributed by atoms with Crippen LogP contribution in [-0.4, -0.2) is 54.0 Å². The number of aromatic amines is 1. The number of nitrogens with zero attached hydrogens (tertiary/aromatic N) is 5. The minimum atomic E-state index is -0.592. The van der Waals surface area contributed by atoms with Crippen molar-refractivity contribution >= 4 is 17.5 Å². The van der Waals surface area contributed by atoms with E-state index in [2.05, 4.69) is 45.5 Å². The van der Waals surface area contributed by atoms with Crippen molar-refractivity contribution in [1.82, 2.24) is 29.3 Å². The van der Waals surface area contributed by atoms with Gasteiger partial charge < -0.3 is 4.74 Å². The van der Waals surface area contributed by atoms with Gasteiger partial charge in [-0.3, -0.25) is 18.9 Å². The number of nitrogens with one attached hydrogen (secondary N) is 1. The van der Waals surface area contributed by atoms with Gasteiger partial charge in [-0.1, -0.05) is 67.0 Å². The summed E-state index contributed by atoms with van der Waals surface area (Å²) in [6.07, 6.45) is 9.65. The van der Waals surface area contributed by atoms with Crippen LogP contribution in [0, 0.1) is 0 Å². The van der Waals surface area contributed by atoms with Crippen molar-refractivity contribution in [3.63, 3.8) is 0 Å². The van der Waals surface area contributed by atoms with Gasteiger partial charge in [-0.15, -0.1) is 0 Å². The lowest BCUT2D eigenvalue weighted by atomic mass is 9.92. The second-order valence-corrected chi connectivity index (χ2v) is 12.0. The second kappa shape index (κ2) is 13.1. The predicted molar refractivity (Wildman–Crippen MR) is 168 cm³/mol. The normalized spacial score (nSPS) is 17.1. The van der Waals surface area contributed by atoms with E-state index in [-0.39, 0.29) is 17.7 Å². The van der Waals surface area contributed by atoms with Gasteiger partial charge >= 0.3 is 5.76 Å². The molecule has 43 heavy (non-hydrogen) atoms. The Hall–Kier alpha value is -3.96. The summed E-state index contributed by atoms with van der Waals surface area (Å²) in [5.74, 6) is 1.42. The molecule has 1 fully saturated rings. The number of hydrogen-bond donors (Lipinski definition) is 1. The van der Waals surface area contributed by atoms with E-state index >= 15 is 0 Å². The largest absolute Gasteiger partial charge is 0.439 e. The third-order valence-corrected chi connectivity index (χ3v) is 8.81. The van der Waals surface area contributed by atoms with Crippen LogP contribution < -0.4 is 11.3 Å². The first-order chi connectivity index (χ1) is 21.1. The third kappa shape index (κ3) is 6.09. The highest BCUT2D eigenvalue weighted by Gasteiger charge is 2.28. The Kier molecular flexibility index (Phi) is 8.90. The van der Waals surface area contributed by atoms with Crippen LogP contribution in [0.2, 0.25) is 0 Å². The number of benzene rings is 2. The quantitative estimate of drug-likeness (QED) is 0.203. The molecule has 1 aliphatic rings. The number of rotatable bonds is 11. The molecule has 5 aromatic rings. The van der Waals surface area contributed by atoms with Gasteiger partial charge in [-0.25, -0.2) is 9.31 Å². The van der Waals surface area contributed by atoms with Gasteiger partial charge in [0.15, 0.2) is 5.82 Å². The average Bonchev–Trinajstić information content (AvgIpc) is 3.69. The SMILES string of the molecule is CCCc1c(Cc2ccc(-c3ccccc3-c3noc(=O)[nH]3)cc2)c(=O)n(C2CCC(OCCSC)CC2)c2ncnn12. The molecule has 0 radical (unpaired) electrons. The minimum absolute atomic E-state index is 0.0279. The van der Waals surface area contributed by atoms with Gasteiger partial charge in [-0.05, 0) is 55.1 Å². The number of fused-ring (bicyclic) bond motifs is 1. The molecule has 2 aromatic carbocycles. The summed E-state index contributed by atoms with van der Waals surface area (Å²) in [6.45, 7) is 2.88. The molecular weight excluding hydrogens is 564 g/mol. The summed E-state index contributed by atoms with van der Waals surface area (Å²) in [7, 11) is 0. The van der Waals surface area contributed by atoms with Crippen LogP contribution in [0.15, 0.2) is 69.0 Å². The molecule has 3 aromatic heterocycles. The van der Waals surface area contributed by atoms with Crippen LogP contribution in [0.4, 0.5) is 0 Å². The molecule has 0 aliphatic heterocycles. The number of aryl methyl sites for hydroxylation is 1. The fourth-order valence-corrected chi connectivity index (χ4v) is 6.40. The predicted octanol–water partition coefficient (Wildman–Crippen LogP) is 5.31. The number of thioether (sulfide) groups is 1. The Balaban J connectivity index is 1.31. The summed E-state index contributed by atoms with van der Waals surface area (Å²) in [5.41, 5.74) is 5.42. The fourth-order valence-electron chi connectivity index (χ4n) is 6.14. The van der Waals surface area contributed by atoms with E-state index < -0.39 is 5.76 Å². The Morgan fingerprint density at radius 3 is 2.51 bits per heavy atom. The molecule has 0 unspecified atom stereocenters. The average molecular weight is 601 g/mol. The molecule has 3 heterocycles. The van der Waals surface area contributed by atoms with Crippen molar-refractivity contribution in [2.75, 3.05) is 18.6 Å². The highest BCUT2D eigenvalue weighted by molar-refractivity contribution is 7.98. The summed E-state index contributed by atoms with van der Waals surface area (Å²) < 4.78 is 14.6. The number of H-pyrrole nitrogens is 1. The molecule has 10 nitrogen and oxygen atoms in total. The zero-order valence-corrected chi connectivity index (χ0v) is 25.3. The number of aromatic nitrogens is 6. The summed E-state index contributed by atoms with van der Waals surface area (Å²) >= 11 is 1.79. The lowest BCUT2D eigenvalue weighted by Gasteiger charge is -2.30. The van der Waals surface area contributed by atoms with Gasteiger partial charge in [0.25, 0.3) is 5.56 Å². The van der Waals surface area contributed by atoms with E-state index in [1.807, 2.05) is 45.5 Å². The number of hydrogen-bond acceptors (Lipinski definition) is 8. The Morgan fingerprint density at radius 2 is 1.81 bits per heavy atom. The van der Waals surface area contributed by atoms with Crippen molar-refractivity contribution in [1.29, 1.82) is 0 Å². The van der Waals surface area contributed by atoms with Crippen LogP contribution in [-0.2, 0) is 17.6 Å². The van der Waals surface area contributed by atoms with Crippen LogP contribution in [0.3, 0.4) is 0 Å². The molecule has 1 aliphatic carbocycles. The first-order valence-corrected chi connectivity index (χ1v) is 16.3. The van der Waals surface area contributed by atoms with E-state index in [0.717, 1.165) is 84.4 Å². The van der Waals surface area contributed by atoms with Crippen LogP contribution in [0.25, 0.3) is 28.3 Å². The Bertz CT molecular complexity index is 1800. The summed E-state index contributed by atoms with van der Waals surface area (Å²) in [4.78, 5) is 33.0. The summed E-state index contributed by atoms with van der Waals surface area (Å²) in [5, 5.41) is 8.44. The first-order valence-electron chi connectivity index (χ1n) is 14.9. The minimum Gasteiger partial charge on any atom is -0.377 e. The topological polar surface area (TPSA) is 120 Å². The Morgan fingerprint density at radius 1 is 1.05 bits per heavy atom. The smallest absolute Gasteiger partial charge is 0.377 e. The standard InChI is InChI=1S/C32H36N6O4S/c1-3-6-28-27(19-21-9-11-22(12-10-21)25-7-4-5-8-26(25)29-35-32(40)42-36-29)30(39)37(31-33-20-34-38(28)31)23-13-15-24(16-14-23)41-17-18-43-2/h4-5,7-12,20,23-24H,3,6,13-19H2,1-2H3,(H,35,36,40). The molecule has 0 spiro atoms.